The number of likely N-dealkylation sites (tertiary alicyclic amines) is 1. The van der Waals surface area contributed by atoms with Crippen molar-refractivity contribution in [3.63, 3.8) is 0 Å². The minimum atomic E-state index is -1.02. The zero-order chi connectivity index (χ0) is 26.8. The first-order chi connectivity index (χ1) is 17.6. The monoisotopic (exact) mass is 506 g/mol. The summed E-state index contributed by atoms with van der Waals surface area (Å²) in [6.45, 7) is 6.98. The molecule has 7 heteroatoms. The third-order valence-electron chi connectivity index (χ3n) is 8.26. The van der Waals surface area contributed by atoms with Crippen molar-refractivity contribution in [1.29, 1.82) is 0 Å². The largest absolute Gasteiger partial charge is 0.465 e. The minimum Gasteiger partial charge on any atom is -0.465 e. The van der Waals surface area contributed by atoms with Gasteiger partial charge >= 0.3 is 5.97 Å². The van der Waals surface area contributed by atoms with Crippen LogP contribution in [0.1, 0.15) is 77.8 Å². The first-order valence-corrected chi connectivity index (χ1v) is 13.1. The van der Waals surface area contributed by atoms with Crippen LogP contribution < -0.4 is 5.32 Å². The summed E-state index contributed by atoms with van der Waals surface area (Å²) in [7, 11) is 1.32. The predicted octanol–water partition coefficient (Wildman–Crippen LogP) is 4.22. The number of hydrogen-bond acceptors (Lipinski definition) is 5. The van der Waals surface area contributed by atoms with Crippen molar-refractivity contribution in [3.05, 3.63) is 70.8 Å². The number of carbonyl (C=O) groups is 3. The highest BCUT2D eigenvalue weighted by Gasteiger charge is 2.50. The van der Waals surface area contributed by atoms with Crippen LogP contribution >= 0.6 is 0 Å². The maximum Gasteiger partial charge on any atom is 0.337 e. The van der Waals surface area contributed by atoms with E-state index in [1.54, 1.807) is 24.3 Å². The van der Waals surface area contributed by atoms with Crippen molar-refractivity contribution >= 4 is 17.8 Å². The minimum absolute atomic E-state index is 0.0464. The van der Waals surface area contributed by atoms with Gasteiger partial charge in [0.25, 0.3) is 5.91 Å². The Morgan fingerprint density at radius 3 is 2.22 bits per heavy atom. The molecule has 37 heavy (non-hydrogen) atoms. The zero-order valence-corrected chi connectivity index (χ0v) is 22.3. The predicted molar refractivity (Wildman–Crippen MR) is 141 cm³/mol. The van der Waals surface area contributed by atoms with Gasteiger partial charge in [-0.05, 0) is 56.0 Å². The molecule has 2 aromatic carbocycles. The van der Waals surface area contributed by atoms with Crippen LogP contribution in [0.25, 0.3) is 0 Å². The fourth-order valence-corrected chi connectivity index (χ4v) is 5.84. The maximum atomic E-state index is 13.8. The van der Waals surface area contributed by atoms with E-state index in [0.717, 1.165) is 36.8 Å². The molecule has 2 aliphatic rings. The highest BCUT2D eigenvalue weighted by Crippen LogP contribution is 2.46. The second-order valence-corrected chi connectivity index (χ2v) is 11.2. The summed E-state index contributed by atoms with van der Waals surface area (Å²) in [5, 5.41) is 14.8. The molecule has 2 aromatic rings. The molecule has 1 aliphatic heterocycles. The molecule has 1 aliphatic carbocycles. The lowest BCUT2D eigenvalue weighted by Crippen LogP contribution is -2.59. The van der Waals surface area contributed by atoms with Crippen LogP contribution in [0.3, 0.4) is 0 Å². The van der Waals surface area contributed by atoms with E-state index >= 15 is 0 Å². The standard InChI is InChI=1S/C30H38N2O5/c1-20-9-15-23(16-10-20)30(36)17-18-32(19-29(30,2)3)27(34)24-7-5-6-8-25(24)31-26(33)21-11-13-22(14-12-21)28(35)37-4/h9-16,24-25,36H,5-8,17-19H2,1-4H3,(H,31,33)/t24-,25+,30-/m0/s1. The molecule has 0 spiro atoms. The SMILES string of the molecule is COC(=O)c1ccc(C(=O)N[C@@H]2CCCC[C@@H]2C(=O)N2CC[C@](O)(c3ccc(C)cc3)C(C)(C)C2)cc1. The number of nitrogens with zero attached hydrogens (tertiary/aromatic N) is 1. The average Bonchev–Trinajstić information content (AvgIpc) is 2.90. The molecule has 4 rings (SSSR count). The van der Waals surface area contributed by atoms with Gasteiger partial charge in [-0.15, -0.1) is 0 Å². The third-order valence-corrected chi connectivity index (χ3v) is 8.26. The lowest BCUT2D eigenvalue weighted by molar-refractivity contribution is -0.158. The Kier molecular flexibility index (Phi) is 7.74. The van der Waals surface area contributed by atoms with Gasteiger partial charge in [-0.3, -0.25) is 9.59 Å². The molecule has 1 saturated heterocycles. The number of amides is 2. The second kappa shape index (κ2) is 10.7. The molecule has 2 N–H and O–H groups in total. The Labute approximate surface area is 219 Å². The van der Waals surface area contributed by atoms with Crippen LogP contribution in [0.15, 0.2) is 48.5 Å². The van der Waals surface area contributed by atoms with Gasteiger partial charge in [0.1, 0.15) is 0 Å². The van der Waals surface area contributed by atoms with E-state index in [1.807, 2.05) is 49.9 Å². The van der Waals surface area contributed by atoms with Gasteiger partial charge in [-0.1, -0.05) is 56.5 Å². The molecule has 0 unspecified atom stereocenters. The zero-order valence-electron chi connectivity index (χ0n) is 22.3. The van der Waals surface area contributed by atoms with Crippen molar-refractivity contribution in [3.8, 4) is 0 Å². The van der Waals surface area contributed by atoms with E-state index in [1.165, 1.54) is 7.11 Å². The van der Waals surface area contributed by atoms with E-state index < -0.39 is 17.0 Å². The fraction of sp³-hybridized carbons (Fsp3) is 0.500. The summed E-state index contributed by atoms with van der Waals surface area (Å²) in [5.74, 6) is -0.962. The van der Waals surface area contributed by atoms with Gasteiger partial charge < -0.3 is 20.1 Å². The number of methoxy groups -OCH3 is 1. The van der Waals surface area contributed by atoms with Crippen molar-refractivity contribution < 1.29 is 24.2 Å². The topological polar surface area (TPSA) is 95.9 Å². The summed E-state index contributed by atoms with van der Waals surface area (Å²) in [6.07, 6.45) is 3.83. The van der Waals surface area contributed by atoms with Gasteiger partial charge in [-0.25, -0.2) is 4.79 Å². The molecule has 1 saturated carbocycles. The summed E-state index contributed by atoms with van der Waals surface area (Å²) in [5.41, 5.74) is 1.28. The maximum absolute atomic E-state index is 13.8. The van der Waals surface area contributed by atoms with Crippen molar-refractivity contribution in [1.82, 2.24) is 10.2 Å². The Morgan fingerprint density at radius 1 is 0.973 bits per heavy atom. The van der Waals surface area contributed by atoms with E-state index in [-0.39, 0.29) is 23.8 Å². The number of carbonyl (C=O) groups excluding carboxylic acids is 3. The van der Waals surface area contributed by atoms with Crippen molar-refractivity contribution in [2.24, 2.45) is 11.3 Å². The Hall–Kier alpha value is -3.19. The molecule has 0 aromatic heterocycles. The summed E-state index contributed by atoms with van der Waals surface area (Å²) in [6, 6.07) is 14.1. The molecule has 3 atom stereocenters. The number of ether oxygens (including phenoxy) is 1. The van der Waals surface area contributed by atoms with E-state index in [2.05, 4.69) is 5.32 Å². The summed E-state index contributed by atoms with van der Waals surface area (Å²) < 4.78 is 4.72. The molecule has 2 fully saturated rings. The molecule has 0 radical (unpaired) electrons. The lowest BCUT2D eigenvalue weighted by Gasteiger charge is -2.51. The Bertz CT molecular complexity index is 1140. The van der Waals surface area contributed by atoms with Crippen LogP contribution in [-0.2, 0) is 15.1 Å². The number of benzene rings is 2. The molecule has 7 nitrogen and oxygen atoms in total. The molecular formula is C30H38N2O5. The Morgan fingerprint density at radius 2 is 1.59 bits per heavy atom. The molecule has 0 bridgehead atoms. The average molecular weight is 507 g/mol. The van der Waals surface area contributed by atoms with Gasteiger partial charge in [0.2, 0.25) is 5.91 Å². The van der Waals surface area contributed by atoms with Gasteiger partial charge in [0, 0.05) is 30.1 Å². The van der Waals surface area contributed by atoms with Gasteiger partial charge in [0.05, 0.1) is 24.2 Å². The molecule has 2 amide bonds. The van der Waals surface area contributed by atoms with Crippen LogP contribution in [0.2, 0.25) is 0 Å². The normalized spacial score (nSPS) is 25.3. The van der Waals surface area contributed by atoms with E-state index in [9.17, 15) is 19.5 Å². The number of esters is 1. The highest BCUT2D eigenvalue weighted by atomic mass is 16.5. The Balaban J connectivity index is 1.45. The number of nitrogens with one attached hydrogen (secondary N) is 1. The summed E-state index contributed by atoms with van der Waals surface area (Å²) >= 11 is 0. The molecule has 1 heterocycles. The van der Waals surface area contributed by atoms with Gasteiger partial charge in [0.15, 0.2) is 0 Å². The molecule has 198 valence electrons. The summed E-state index contributed by atoms with van der Waals surface area (Å²) in [4.78, 5) is 40.3. The van der Waals surface area contributed by atoms with Crippen molar-refractivity contribution in [2.45, 2.75) is 64.5 Å². The molecular weight excluding hydrogens is 468 g/mol. The van der Waals surface area contributed by atoms with E-state index in [4.69, 9.17) is 4.74 Å². The van der Waals surface area contributed by atoms with Crippen LogP contribution in [0.5, 0.6) is 0 Å². The lowest BCUT2D eigenvalue weighted by atomic mass is 9.66. The second-order valence-electron chi connectivity index (χ2n) is 11.2. The quantitative estimate of drug-likeness (QED) is 0.592. The van der Waals surface area contributed by atoms with Gasteiger partial charge in [-0.2, -0.15) is 0 Å². The van der Waals surface area contributed by atoms with E-state index in [0.29, 0.717) is 30.6 Å². The van der Waals surface area contributed by atoms with Crippen LogP contribution in [-0.4, -0.2) is 54.0 Å². The van der Waals surface area contributed by atoms with Crippen LogP contribution in [0, 0.1) is 18.3 Å². The fourth-order valence-electron chi connectivity index (χ4n) is 5.84. The number of rotatable bonds is 5. The third kappa shape index (κ3) is 5.42. The number of aryl methyl sites for hydroxylation is 1. The number of aliphatic hydroxyl groups is 1. The first-order valence-electron chi connectivity index (χ1n) is 13.1. The van der Waals surface area contributed by atoms with Crippen LogP contribution in [0.4, 0.5) is 0 Å². The van der Waals surface area contributed by atoms with Crippen molar-refractivity contribution in [2.75, 3.05) is 20.2 Å². The smallest absolute Gasteiger partial charge is 0.337 e. The first kappa shape index (κ1) is 26.9. The number of piperidine rings is 1. The number of hydrogen-bond donors (Lipinski definition) is 2. The highest BCUT2D eigenvalue weighted by molar-refractivity contribution is 5.96.